The van der Waals surface area contributed by atoms with Gasteiger partial charge >= 0.3 is 5.97 Å². The summed E-state index contributed by atoms with van der Waals surface area (Å²) in [5, 5.41) is 13.2. The van der Waals surface area contributed by atoms with Crippen LogP contribution in [0.4, 0.5) is 5.69 Å². The van der Waals surface area contributed by atoms with Crippen LogP contribution in [0.1, 0.15) is 41.4 Å². The van der Waals surface area contributed by atoms with Crippen LogP contribution < -0.4 is 4.72 Å². The molecule has 0 aliphatic carbocycles. The van der Waals surface area contributed by atoms with Gasteiger partial charge in [-0.2, -0.15) is 5.10 Å². The molecule has 0 saturated heterocycles. The Labute approximate surface area is 135 Å². The first-order valence-electron chi connectivity index (χ1n) is 7.03. The predicted octanol–water partition coefficient (Wildman–Crippen LogP) is 2.58. The second kappa shape index (κ2) is 6.04. The van der Waals surface area contributed by atoms with Crippen molar-refractivity contribution in [3.05, 3.63) is 41.2 Å². The Morgan fingerprint density at radius 1 is 1.26 bits per heavy atom. The number of sulfonamides is 1. The maximum Gasteiger partial charge on any atom is 0.335 e. The van der Waals surface area contributed by atoms with Gasteiger partial charge in [-0.05, 0) is 44.9 Å². The zero-order valence-electron chi connectivity index (χ0n) is 13.4. The van der Waals surface area contributed by atoms with E-state index in [-0.39, 0.29) is 16.5 Å². The third-order valence-electron chi connectivity index (χ3n) is 3.42. The summed E-state index contributed by atoms with van der Waals surface area (Å²) < 4.78 is 29.2. The number of rotatable bonds is 5. The second-order valence-corrected chi connectivity index (χ2v) is 7.30. The Balaban J connectivity index is 2.42. The number of carboxylic acids is 1. The minimum Gasteiger partial charge on any atom is -0.478 e. The van der Waals surface area contributed by atoms with Gasteiger partial charge < -0.3 is 5.11 Å². The van der Waals surface area contributed by atoms with E-state index in [0.29, 0.717) is 16.8 Å². The molecule has 2 N–H and O–H groups in total. The molecule has 124 valence electrons. The molecule has 0 radical (unpaired) electrons. The highest BCUT2D eigenvalue weighted by Gasteiger charge is 2.21. The van der Waals surface area contributed by atoms with Crippen molar-refractivity contribution in [1.82, 2.24) is 9.78 Å². The van der Waals surface area contributed by atoms with Gasteiger partial charge in [0.15, 0.2) is 0 Å². The van der Waals surface area contributed by atoms with E-state index in [9.17, 15) is 18.3 Å². The van der Waals surface area contributed by atoms with Crippen LogP contribution >= 0.6 is 0 Å². The SMILES string of the molecule is Cc1cc(C)c(S(=O)(=O)Nc2cnn(C(C)C)c2)cc1C(=O)O. The van der Waals surface area contributed by atoms with E-state index in [1.54, 1.807) is 30.8 Å². The van der Waals surface area contributed by atoms with Gasteiger partial charge in [0.2, 0.25) is 0 Å². The van der Waals surface area contributed by atoms with Crippen LogP contribution in [0.5, 0.6) is 0 Å². The first kappa shape index (κ1) is 17.0. The Morgan fingerprint density at radius 3 is 2.43 bits per heavy atom. The van der Waals surface area contributed by atoms with Gasteiger partial charge in [-0.15, -0.1) is 0 Å². The zero-order valence-corrected chi connectivity index (χ0v) is 14.2. The average molecular weight is 337 g/mol. The number of anilines is 1. The summed E-state index contributed by atoms with van der Waals surface area (Å²) in [6, 6.07) is 2.84. The zero-order chi connectivity index (χ0) is 17.4. The van der Waals surface area contributed by atoms with Crippen LogP contribution in [-0.4, -0.2) is 29.3 Å². The number of aromatic nitrogens is 2. The quantitative estimate of drug-likeness (QED) is 0.873. The highest BCUT2D eigenvalue weighted by Crippen LogP contribution is 2.23. The number of aryl methyl sites for hydroxylation is 2. The smallest absolute Gasteiger partial charge is 0.335 e. The number of hydrogen-bond acceptors (Lipinski definition) is 4. The summed E-state index contributed by atoms with van der Waals surface area (Å²) in [7, 11) is -3.90. The molecule has 0 aliphatic rings. The molecule has 0 fully saturated rings. The molecule has 0 saturated carbocycles. The van der Waals surface area contributed by atoms with Gasteiger partial charge in [-0.1, -0.05) is 6.07 Å². The van der Waals surface area contributed by atoms with Gasteiger partial charge in [0, 0.05) is 12.2 Å². The lowest BCUT2D eigenvalue weighted by molar-refractivity contribution is 0.0696. The fourth-order valence-corrected chi connectivity index (χ4v) is 3.52. The van der Waals surface area contributed by atoms with Gasteiger partial charge in [-0.25, -0.2) is 13.2 Å². The summed E-state index contributed by atoms with van der Waals surface area (Å²) in [5.41, 5.74) is 1.29. The molecule has 0 atom stereocenters. The topological polar surface area (TPSA) is 101 Å². The van der Waals surface area contributed by atoms with Crippen molar-refractivity contribution in [1.29, 1.82) is 0 Å². The molecule has 1 heterocycles. The third kappa shape index (κ3) is 3.53. The lowest BCUT2D eigenvalue weighted by Crippen LogP contribution is -2.15. The average Bonchev–Trinajstić information content (AvgIpc) is 2.85. The first-order chi connectivity index (χ1) is 10.6. The number of aromatic carboxylic acids is 1. The molecule has 7 nitrogen and oxygen atoms in total. The van der Waals surface area contributed by atoms with Crippen LogP contribution in [-0.2, 0) is 10.0 Å². The van der Waals surface area contributed by atoms with E-state index in [1.807, 2.05) is 13.8 Å². The summed E-state index contributed by atoms with van der Waals surface area (Å²) in [5.74, 6) is -1.16. The Hall–Kier alpha value is -2.35. The van der Waals surface area contributed by atoms with Crippen LogP contribution in [0.15, 0.2) is 29.4 Å². The highest BCUT2D eigenvalue weighted by molar-refractivity contribution is 7.92. The van der Waals surface area contributed by atoms with Crippen molar-refractivity contribution in [2.75, 3.05) is 4.72 Å². The van der Waals surface area contributed by atoms with Gasteiger partial charge in [0.05, 0.1) is 22.3 Å². The summed E-state index contributed by atoms with van der Waals surface area (Å²) >= 11 is 0. The maximum atomic E-state index is 12.5. The fraction of sp³-hybridized carbons (Fsp3) is 0.333. The minimum absolute atomic E-state index is 0.0335. The summed E-state index contributed by atoms with van der Waals surface area (Å²) in [4.78, 5) is 11.2. The standard InChI is InChI=1S/C15H19N3O4S/c1-9(2)18-8-12(7-16-18)17-23(21,22)14-6-13(15(19)20)10(3)5-11(14)4/h5-9,17H,1-4H3,(H,19,20). The largest absolute Gasteiger partial charge is 0.478 e. The molecular formula is C15H19N3O4S. The van der Waals surface area contributed by atoms with Crippen molar-refractivity contribution in [2.45, 2.75) is 38.6 Å². The van der Waals surface area contributed by atoms with Gasteiger partial charge in [0.1, 0.15) is 0 Å². The number of hydrogen-bond donors (Lipinski definition) is 2. The van der Waals surface area contributed by atoms with Crippen molar-refractivity contribution in [3.63, 3.8) is 0 Å². The molecule has 0 amide bonds. The number of nitrogens with one attached hydrogen (secondary N) is 1. The van der Waals surface area contributed by atoms with E-state index < -0.39 is 16.0 Å². The van der Waals surface area contributed by atoms with Crippen molar-refractivity contribution >= 4 is 21.7 Å². The Kier molecular flexibility index (Phi) is 4.46. The number of benzene rings is 1. The fourth-order valence-electron chi connectivity index (χ4n) is 2.24. The molecule has 23 heavy (non-hydrogen) atoms. The first-order valence-corrected chi connectivity index (χ1v) is 8.51. The van der Waals surface area contributed by atoms with Crippen LogP contribution in [0.25, 0.3) is 0 Å². The van der Waals surface area contributed by atoms with Crippen molar-refractivity contribution < 1.29 is 18.3 Å². The molecular weight excluding hydrogens is 318 g/mol. The number of nitrogens with zero attached hydrogens (tertiary/aromatic N) is 2. The molecule has 2 aromatic rings. The molecule has 1 aromatic heterocycles. The van der Waals surface area contributed by atoms with E-state index in [0.717, 1.165) is 0 Å². The monoisotopic (exact) mass is 337 g/mol. The summed E-state index contributed by atoms with van der Waals surface area (Å²) in [6.07, 6.45) is 3.00. The molecule has 0 aliphatic heterocycles. The van der Waals surface area contributed by atoms with Crippen LogP contribution in [0, 0.1) is 13.8 Å². The summed E-state index contributed by atoms with van der Waals surface area (Å²) in [6.45, 7) is 7.11. The maximum absolute atomic E-state index is 12.5. The van der Waals surface area contributed by atoms with Gasteiger partial charge in [-0.3, -0.25) is 9.40 Å². The van der Waals surface area contributed by atoms with Crippen LogP contribution in [0.3, 0.4) is 0 Å². The molecule has 8 heteroatoms. The molecule has 0 unspecified atom stereocenters. The number of carbonyl (C=O) groups is 1. The minimum atomic E-state index is -3.90. The molecule has 1 aromatic carbocycles. The molecule has 0 bridgehead atoms. The van der Waals surface area contributed by atoms with Crippen LogP contribution in [0.2, 0.25) is 0 Å². The molecule has 2 rings (SSSR count). The predicted molar refractivity (Wildman–Crippen MR) is 86.3 cm³/mol. The third-order valence-corrected chi connectivity index (χ3v) is 4.95. The number of carboxylic acid groups (broad SMARTS) is 1. The molecule has 0 spiro atoms. The van der Waals surface area contributed by atoms with E-state index >= 15 is 0 Å². The Bertz CT molecular complexity index is 854. The Morgan fingerprint density at radius 2 is 1.91 bits per heavy atom. The normalized spacial score (nSPS) is 11.7. The van der Waals surface area contributed by atoms with Gasteiger partial charge in [0.25, 0.3) is 10.0 Å². The highest BCUT2D eigenvalue weighted by atomic mass is 32.2. The van der Waals surface area contributed by atoms with Crippen molar-refractivity contribution in [3.8, 4) is 0 Å². The van der Waals surface area contributed by atoms with E-state index in [2.05, 4.69) is 9.82 Å². The van der Waals surface area contributed by atoms with Crippen molar-refractivity contribution in [2.24, 2.45) is 0 Å². The lowest BCUT2D eigenvalue weighted by Gasteiger charge is -2.11. The van der Waals surface area contributed by atoms with E-state index in [4.69, 9.17) is 0 Å². The lowest BCUT2D eigenvalue weighted by atomic mass is 10.1. The van der Waals surface area contributed by atoms with E-state index in [1.165, 1.54) is 12.3 Å². The second-order valence-electron chi connectivity index (χ2n) is 5.65.